The smallest absolute Gasteiger partial charge is 0.315 e. The Morgan fingerprint density at radius 1 is 0.898 bits per heavy atom. The standard InChI is InChI=1S/C41H51N3O5/c1-26-37(24-44-15-14-35(46)23-44)48-39(49-38(26)32-8-6-27(25-45)7-9-32)33-12-10-31(11-13-33)36-5-3-2-4-34(36)22-42-40(47)43-41-19-28-16-29(20-41)18-30(17-28)21-41/h2-13,26,28-30,35,37-39,45-46H,14-25H2,1H3,(H2,42,43,47)/t26-,28?,29?,30?,35-,37+,38+,39+,41?/m0/s1. The molecule has 5 atom stereocenters. The molecule has 9 rings (SSSR count). The van der Waals surface area contributed by atoms with Gasteiger partial charge in [-0.05, 0) is 90.5 Å². The lowest BCUT2D eigenvalue weighted by atomic mass is 9.53. The summed E-state index contributed by atoms with van der Waals surface area (Å²) in [6.45, 7) is 4.91. The monoisotopic (exact) mass is 665 g/mol. The number of rotatable bonds is 9. The van der Waals surface area contributed by atoms with Gasteiger partial charge in [0.05, 0.1) is 24.9 Å². The first-order valence-electron chi connectivity index (χ1n) is 18.5. The summed E-state index contributed by atoms with van der Waals surface area (Å²) in [6, 6.07) is 24.6. The van der Waals surface area contributed by atoms with Crippen LogP contribution in [0.25, 0.3) is 11.1 Å². The third-order valence-electron chi connectivity index (χ3n) is 12.2. The van der Waals surface area contributed by atoms with Crippen LogP contribution in [0, 0.1) is 23.7 Å². The second-order valence-corrected chi connectivity index (χ2v) is 15.8. The van der Waals surface area contributed by atoms with Crippen molar-refractivity contribution < 1.29 is 24.5 Å². The Kier molecular flexibility index (Phi) is 9.27. The van der Waals surface area contributed by atoms with Crippen LogP contribution in [-0.4, -0.2) is 58.5 Å². The maximum Gasteiger partial charge on any atom is 0.315 e. The second-order valence-electron chi connectivity index (χ2n) is 15.8. The maximum atomic E-state index is 13.2. The topological polar surface area (TPSA) is 103 Å². The van der Waals surface area contributed by atoms with Gasteiger partial charge in [0, 0.05) is 43.2 Å². The van der Waals surface area contributed by atoms with Crippen molar-refractivity contribution in [1.82, 2.24) is 15.5 Å². The van der Waals surface area contributed by atoms with E-state index in [1.54, 1.807) is 0 Å². The number of benzene rings is 3. The summed E-state index contributed by atoms with van der Waals surface area (Å²) in [5.41, 5.74) is 6.12. The van der Waals surface area contributed by atoms with Crippen LogP contribution in [-0.2, 0) is 22.6 Å². The number of β-amino-alcohol motifs (C(OH)–C–C–N with tert-alkyl or cyclic N) is 1. The van der Waals surface area contributed by atoms with E-state index in [2.05, 4.69) is 58.9 Å². The van der Waals surface area contributed by atoms with Gasteiger partial charge in [0.25, 0.3) is 0 Å². The Balaban J connectivity index is 0.961. The Morgan fingerprint density at radius 2 is 1.57 bits per heavy atom. The van der Waals surface area contributed by atoms with Crippen LogP contribution in [0.3, 0.4) is 0 Å². The number of hydrogen-bond acceptors (Lipinski definition) is 6. The molecule has 4 saturated carbocycles. The van der Waals surface area contributed by atoms with Crippen molar-refractivity contribution in [1.29, 1.82) is 0 Å². The quantitative estimate of drug-likeness (QED) is 0.209. The van der Waals surface area contributed by atoms with Gasteiger partial charge in [-0.15, -0.1) is 0 Å². The number of aliphatic hydroxyl groups is 2. The highest BCUT2D eigenvalue weighted by Gasteiger charge is 2.51. The van der Waals surface area contributed by atoms with E-state index in [4.69, 9.17) is 9.47 Å². The first-order chi connectivity index (χ1) is 23.8. The highest BCUT2D eigenvalue weighted by atomic mass is 16.7. The van der Waals surface area contributed by atoms with E-state index in [9.17, 15) is 15.0 Å². The zero-order valence-corrected chi connectivity index (χ0v) is 28.6. The van der Waals surface area contributed by atoms with Gasteiger partial charge in [-0.2, -0.15) is 0 Å². The number of nitrogens with zero attached hydrogens (tertiary/aromatic N) is 1. The highest BCUT2D eigenvalue weighted by molar-refractivity contribution is 5.76. The number of carbonyl (C=O) groups is 1. The predicted molar refractivity (Wildman–Crippen MR) is 188 cm³/mol. The molecule has 6 fully saturated rings. The third kappa shape index (κ3) is 7.04. The third-order valence-corrected chi connectivity index (χ3v) is 12.2. The molecule has 4 N–H and O–H groups in total. The van der Waals surface area contributed by atoms with Crippen LogP contribution in [0.4, 0.5) is 4.79 Å². The molecule has 4 bridgehead atoms. The van der Waals surface area contributed by atoms with E-state index in [0.717, 1.165) is 89.9 Å². The van der Waals surface area contributed by atoms with Crippen LogP contribution in [0.2, 0.25) is 0 Å². The molecule has 4 aliphatic carbocycles. The molecule has 3 aromatic rings. The number of carbonyl (C=O) groups excluding carboxylic acids is 1. The molecule has 3 aromatic carbocycles. The highest BCUT2D eigenvalue weighted by Crippen LogP contribution is 2.55. The van der Waals surface area contributed by atoms with Crippen molar-refractivity contribution in [2.45, 2.75) is 95.2 Å². The van der Waals surface area contributed by atoms with E-state index in [1.807, 2.05) is 36.4 Å². The number of urea groups is 1. The second kappa shape index (κ2) is 13.8. The van der Waals surface area contributed by atoms with E-state index in [0.29, 0.717) is 13.1 Å². The molecule has 0 unspecified atom stereocenters. The van der Waals surface area contributed by atoms with Crippen LogP contribution < -0.4 is 10.6 Å². The number of nitrogens with one attached hydrogen (secondary N) is 2. The molecule has 6 aliphatic rings. The molecule has 0 aromatic heterocycles. The average Bonchev–Trinajstić information content (AvgIpc) is 3.52. The summed E-state index contributed by atoms with van der Waals surface area (Å²) in [4.78, 5) is 15.5. The summed E-state index contributed by atoms with van der Waals surface area (Å²) >= 11 is 0. The number of ether oxygens (including phenoxy) is 2. The van der Waals surface area contributed by atoms with Crippen molar-refractivity contribution in [2.24, 2.45) is 23.7 Å². The summed E-state index contributed by atoms with van der Waals surface area (Å²) in [7, 11) is 0. The molecule has 0 radical (unpaired) electrons. The number of amides is 2. The van der Waals surface area contributed by atoms with Crippen LogP contribution in [0.1, 0.15) is 86.5 Å². The van der Waals surface area contributed by atoms with Gasteiger partial charge in [0.2, 0.25) is 0 Å². The Hall–Kier alpha value is -3.27. The molecular formula is C41H51N3O5. The van der Waals surface area contributed by atoms with Crippen LogP contribution in [0.5, 0.6) is 0 Å². The van der Waals surface area contributed by atoms with Gasteiger partial charge >= 0.3 is 6.03 Å². The minimum absolute atomic E-state index is 0.00752. The lowest BCUT2D eigenvalue weighted by molar-refractivity contribution is -0.276. The van der Waals surface area contributed by atoms with Crippen molar-refractivity contribution in [2.75, 3.05) is 19.6 Å². The van der Waals surface area contributed by atoms with Gasteiger partial charge in [0.15, 0.2) is 6.29 Å². The molecule has 2 aliphatic heterocycles. The molecule has 8 heteroatoms. The first-order valence-corrected chi connectivity index (χ1v) is 18.5. The summed E-state index contributed by atoms with van der Waals surface area (Å²) in [5, 5.41) is 26.4. The Bertz CT molecular complexity index is 1570. The zero-order valence-electron chi connectivity index (χ0n) is 28.6. The lowest BCUT2D eigenvalue weighted by Crippen LogP contribution is -2.61. The molecule has 2 heterocycles. The molecular weight excluding hydrogens is 614 g/mol. The van der Waals surface area contributed by atoms with Crippen molar-refractivity contribution in [3.05, 3.63) is 95.1 Å². The molecule has 2 saturated heterocycles. The first kappa shape index (κ1) is 32.9. The molecule has 2 amide bonds. The van der Waals surface area contributed by atoms with E-state index in [-0.39, 0.29) is 42.4 Å². The van der Waals surface area contributed by atoms with Crippen molar-refractivity contribution in [3.63, 3.8) is 0 Å². The van der Waals surface area contributed by atoms with Gasteiger partial charge in [-0.3, -0.25) is 4.90 Å². The number of hydrogen-bond donors (Lipinski definition) is 4. The zero-order chi connectivity index (χ0) is 33.5. The molecule has 0 spiro atoms. The SMILES string of the molecule is C[C@H]1[C@@H](CN2CC[C@H](O)C2)O[C@@H](c2ccc(-c3ccccc3CNC(=O)NC34CC5CC(CC(C5)C3)C4)cc2)O[C@H]1c1ccc(CO)cc1. The average molecular weight is 666 g/mol. The lowest BCUT2D eigenvalue weighted by Gasteiger charge is -2.56. The minimum atomic E-state index is -0.546. The Morgan fingerprint density at radius 3 is 2.22 bits per heavy atom. The van der Waals surface area contributed by atoms with Gasteiger partial charge in [-0.1, -0.05) is 79.7 Å². The van der Waals surface area contributed by atoms with E-state index < -0.39 is 6.29 Å². The maximum absolute atomic E-state index is 13.2. The van der Waals surface area contributed by atoms with Crippen LogP contribution >= 0.6 is 0 Å². The predicted octanol–water partition coefficient (Wildman–Crippen LogP) is 6.47. The fourth-order valence-electron chi connectivity index (χ4n) is 10.1. The molecule has 260 valence electrons. The normalized spacial score (nSPS) is 33.9. The summed E-state index contributed by atoms with van der Waals surface area (Å²) < 4.78 is 13.4. The van der Waals surface area contributed by atoms with Gasteiger partial charge in [-0.25, -0.2) is 4.79 Å². The van der Waals surface area contributed by atoms with Crippen molar-refractivity contribution in [3.8, 4) is 11.1 Å². The van der Waals surface area contributed by atoms with Gasteiger partial charge in [0.1, 0.15) is 0 Å². The Labute approximate surface area is 290 Å². The molecule has 49 heavy (non-hydrogen) atoms. The minimum Gasteiger partial charge on any atom is -0.392 e. The van der Waals surface area contributed by atoms with E-state index in [1.165, 1.54) is 19.3 Å². The fourth-order valence-corrected chi connectivity index (χ4v) is 10.1. The summed E-state index contributed by atoms with van der Waals surface area (Å²) in [5.74, 6) is 2.46. The van der Waals surface area contributed by atoms with Crippen LogP contribution in [0.15, 0.2) is 72.8 Å². The molecule has 8 nitrogen and oxygen atoms in total. The summed E-state index contributed by atoms with van der Waals surface area (Å²) in [6.07, 6.45) is 7.20. The van der Waals surface area contributed by atoms with Gasteiger partial charge < -0.3 is 30.3 Å². The largest absolute Gasteiger partial charge is 0.392 e. The van der Waals surface area contributed by atoms with E-state index >= 15 is 0 Å². The number of aliphatic hydroxyl groups excluding tert-OH is 2. The van der Waals surface area contributed by atoms with Crippen molar-refractivity contribution >= 4 is 6.03 Å². The number of likely N-dealkylation sites (tertiary alicyclic amines) is 1. The fraction of sp³-hybridized carbons (Fsp3) is 0.537.